The van der Waals surface area contributed by atoms with Crippen LogP contribution >= 0.6 is 11.8 Å². The topological polar surface area (TPSA) is 93.7 Å². The maximum Gasteiger partial charge on any atom is 0.269 e. The lowest BCUT2D eigenvalue weighted by atomic mass is 10.1. The average molecular weight is 431 g/mol. The minimum absolute atomic E-state index is 0.0341. The van der Waals surface area contributed by atoms with Gasteiger partial charge < -0.3 is 9.47 Å². The predicted octanol–water partition coefficient (Wildman–Crippen LogP) is 3.38. The Morgan fingerprint density at radius 2 is 1.67 bits per heavy atom. The second-order valence-corrected chi connectivity index (χ2v) is 7.75. The summed E-state index contributed by atoms with van der Waals surface area (Å²) >= 11 is 1.35. The Balaban J connectivity index is 1.80. The number of rotatable bonds is 9. The zero-order valence-corrected chi connectivity index (χ0v) is 18.3. The first-order valence-electron chi connectivity index (χ1n) is 9.41. The van der Waals surface area contributed by atoms with Gasteiger partial charge in [-0.05, 0) is 63.2 Å². The van der Waals surface area contributed by atoms with Crippen LogP contribution in [0.4, 0.5) is 0 Å². The highest BCUT2D eigenvalue weighted by molar-refractivity contribution is 7.99. The second-order valence-electron chi connectivity index (χ2n) is 6.77. The number of hydrazine groups is 1. The largest absolute Gasteiger partial charge is 0.496 e. The highest BCUT2D eigenvalue weighted by Crippen LogP contribution is 2.24. The van der Waals surface area contributed by atoms with Crippen molar-refractivity contribution in [1.82, 2.24) is 10.9 Å². The van der Waals surface area contributed by atoms with E-state index in [0.717, 1.165) is 5.56 Å². The molecule has 0 aliphatic rings. The molecule has 0 heterocycles. The number of carbonyl (C=O) groups excluding carboxylic acids is 3. The van der Waals surface area contributed by atoms with E-state index in [1.165, 1.54) is 18.7 Å². The van der Waals surface area contributed by atoms with Gasteiger partial charge in [-0.25, -0.2) is 0 Å². The number of nitrogens with one attached hydrogen (secondary N) is 2. The van der Waals surface area contributed by atoms with Gasteiger partial charge in [-0.2, -0.15) is 0 Å². The Kier molecular flexibility index (Phi) is 8.73. The van der Waals surface area contributed by atoms with Crippen LogP contribution in [0.5, 0.6) is 11.5 Å². The van der Waals surface area contributed by atoms with Crippen LogP contribution in [-0.2, 0) is 10.5 Å². The van der Waals surface area contributed by atoms with Gasteiger partial charge in [0.25, 0.3) is 5.91 Å². The summed E-state index contributed by atoms with van der Waals surface area (Å²) in [7, 11) is 1.56. The monoisotopic (exact) mass is 430 g/mol. The Morgan fingerprint density at radius 3 is 2.27 bits per heavy atom. The first-order valence-corrected chi connectivity index (χ1v) is 10.6. The van der Waals surface area contributed by atoms with Crippen LogP contribution in [0.1, 0.15) is 47.1 Å². The van der Waals surface area contributed by atoms with E-state index in [1.807, 2.05) is 13.8 Å². The zero-order chi connectivity index (χ0) is 22.1. The normalized spacial score (nSPS) is 10.4. The van der Waals surface area contributed by atoms with Crippen molar-refractivity contribution in [2.45, 2.75) is 32.6 Å². The summed E-state index contributed by atoms with van der Waals surface area (Å²) in [4.78, 5) is 35.7. The fourth-order valence-corrected chi connectivity index (χ4v) is 3.36. The van der Waals surface area contributed by atoms with Crippen molar-refractivity contribution in [2.75, 3.05) is 12.9 Å². The zero-order valence-electron chi connectivity index (χ0n) is 17.5. The minimum Gasteiger partial charge on any atom is -0.496 e. The number of hydrogen-bond acceptors (Lipinski definition) is 6. The van der Waals surface area contributed by atoms with Crippen LogP contribution < -0.4 is 20.3 Å². The molecule has 0 fully saturated rings. The van der Waals surface area contributed by atoms with Gasteiger partial charge in [0.15, 0.2) is 5.78 Å². The van der Waals surface area contributed by atoms with E-state index in [-0.39, 0.29) is 23.5 Å². The number of methoxy groups -OCH3 is 1. The van der Waals surface area contributed by atoms with E-state index < -0.39 is 5.91 Å². The molecule has 0 bridgehead atoms. The minimum atomic E-state index is -0.416. The highest BCUT2D eigenvalue weighted by atomic mass is 32.2. The summed E-state index contributed by atoms with van der Waals surface area (Å²) in [5.41, 5.74) is 6.62. The molecular formula is C22H26N2O5S. The Morgan fingerprint density at radius 1 is 1.00 bits per heavy atom. The summed E-state index contributed by atoms with van der Waals surface area (Å²) < 4.78 is 10.8. The van der Waals surface area contributed by atoms with Gasteiger partial charge in [0.1, 0.15) is 11.5 Å². The number of thioether (sulfide) groups is 1. The van der Waals surface area contributed by atoms with E-state index >= 15 is 0 Å². The third-order valence-electron chi connectivity index (χ3n) is 3.98. The van der Waals surface area contributed by atoms with Crippen LogP contribution in [-0.4, -0.2) is 36.6 Å². The third-order valence-corrected chi connectivity index (χ3v) is 4.96. The SMILES string of the molecule is COc1ccc(C(C)=O)cc1CSCC(=O)NNC(=O)c1ccc(OC(C)C)cc1. The number of carbonyl (C=O) groups is 3. The van der Waals surface area contributed by atoms with Crippen LogP contribution in [0, 0.1) is 0 Å². The van der Waals surface area contributed by atoms with Crippen molar-refractivity contribution >= 4 is 29.4 Å². The molecule has 30 heavy (non-hydrogen) atoms. The van der Waals surface area contributed by atoms with Crippen molar-refractivity contribution in [3.05, 3.63) is 59.2 Å². The smallest absolute Gasteiger partial charge is 0.269 e. The fourth-order valence-electron chi connectivity index (χ4n) is 2.56. The van der Waals surface area contributed by atoms with E-state index in [1.54, 1.807) is 49.6 Å². The van der Waals surface area contributed by atoms with Crippen molar-refractivity contribution in [1.29, 1.82) is 0 Å². The first kappa shape index (κ1) is 23.3. The maximum atomic E-state index is 12.1. The van der Waals surface area contributed by atoms with Gasteiger partial charge in [0.2, 0.25) is 5.91 Å². The molecule has 0 atom stereocenters. The maximum absolute atomic E-state index is 12.1. The van der Waals surface area contributed by atoms with Gasteiger partial charge in [0.05, 0.1) is 19.0 Å². The second kappa shape index (κ2) is 11.3. The van der Waals surface area contributed by atoms with E-state index in [0.29, 0.717) is 28.4 Å². The van der Waals surface area contributed by atoms with Gasteiger partial charge in [-0.1, -0.05) is 0 Å². The quantitative estimate of drug-likeness (QED) is 0.468. The summed E-state index contributed by atoms with van der Waals surface area (Å²) in [6, 6.07) is 11.9. The molecule has 0 aliphatic carbocycles. The van der Waals surface area contributed by atoms with Crippen LogP contribution in [0.2, 0.25) is 0 Å². The first-order chi connectivity index (χ1) is 14.3. The summed E-state index contributed by atoms with van der Waals surface area (Å²) in [5, 5.41) is 0. The molecular weight excluding hydrogens is 404 g/mol. The molecule has 0 aliphatic heterocycles. The third kappa shape index (κ3) is 7.11. The molecule has 2 aromatic carbocycles. The van der Waals surface area contributed by atoms with Crippen molar-refractivity contribution in [2.24, 2.45) is 0 Å². The fraction of sp³-hybridized carbons (Fsp3) is 0.318. The van der Waals surface area contributed by atoms with Gasteiger partial charge in [-0.3, -0.25) is 25.2 Å². The molecule has 0 saturated heterocycles. The van der Waals surface area contributed by atoms with Crippen LogP contribution in [0.15, 0.2) is 42.5 Å². The Bertz CT molecular complexity index is 897. The summed E-state index contributed by atoms with van der Waals surface area (Å²) in [5.74, 6) is 1.17. The van der Waals surface area contributed by atoms with Gasteiger partial charge >= 0.3 is 0 Å². The molecule has 0 radical (unpaired) electrons. The van der Waals surface area contributed by atoms with E-state index in [4.69, 9.17) is 9.47 Å². The number of ketones is 1. The summed E-state index contributed by atoms with van der Waals surface area (Å²) in [6.07, 6.45) is 0.0476. The summed E-state index contributed by atoms with van der Waals surface area (Å²) in [6.45, 7) is 5.34. The number of ether oxygens (including phenoxy) is 2. The molecule has 0 saturated carbocycles. The molecule has 160 valence electrons. The highest BCUT2D eigenvalue weighted by Gasteiger charge is 2.11. The number of benzene rings is 2. The standard InChI is InChI=1S/C22H26N2O5S/c1-14(2)29-19-8-5-16(6-9-19)22(27)24-23-21(26)13-30-12-18-11-17(15(3)25)7-10-20(18)28-4/h5-11,14H,12-13H2,1-4H3,(H,23,26)(H,24,27). The molecule has 2 N–H and O–H groups in total. The Hall–Kier alpha value is -3.00. The molecule has 8 heteroatoms. The lowest BCUT2D eigenvalue weighted by Crippen LogP contribution is -2.42. The van der Waals surface area contributed by atoms with Crippen LogP contribution in [0.25, 0.3) is 0 Å². The lowest BCUT2D eigenvalue weighted by Gasteiger charge is -2.11. The van der Waals surface area contributed by atoms with Crippen molar-refractivity contribution in [3.63, 3.8) is 0 Å². The molecule has 2 rings (SSSR count). The number of hydrogen-bond donors (Lipinski definition) is 2. The molecule has 2 aromatic rings. The molecule has 2 amide bonds. The molecule has 7 nitrogen and oxygen atoms in total. The van der Waals surface area contributed by atoms with Gasteiger partial charge in [0, 0.05) is 22.4 Å². The van der Waals surface area contributed by atoms with Crippen LogP contribution in [0.3, 0.4) is 0 Å². The predicted molar refractivity (Wildman–Crippen MR) is 117 cm³/mol. The Labute approximate surface area is 180 Å². The van der Waals surface area contributed by atoms with E-state index in [9.17, 15) is 14.4 Å². The van der Waals surface area contributed by atoms with Gasteiger partial charge in [-0.15, -0.1) is 11.8 Å². The number of Topliss-reactive ketones (excluding diaryl/α,β-unsaturated/α-hetero) is 1. The number of amides is 2. The molecule has 0 aromatic heterocycles. The average Bonchev–Trinajstić information content (AvgIpc) is 2.72. The van der Waals surface area contributed by atoms with Crippen molar-refractivity contribution < 1.29 is 23.9 Å². The molecule has 0 spiro atoms. The van der Waals surface area contributed by atoms with Crippen molar-refractivity contribution in [3.8, 4) is 11.5 Å². The van der Waals surface area contributed by atoms with E-state index in [2.05, 4.69) is 10.9 Å². The molecule has 0 unspecified atom stereocenters. The lowest BCUT2D eigenvalue weighted by molar-refractivity contribution is -0.119.